The topological polar surface area (TPSA) is 61.8 Å². The summed E-state index contributed by atoms with van der Waals surface area (Å²) in [4.78, 5) is 14.2. The van der Waals surface area contributed by atoms with E-state index in [1.165, 1.54) is 6.42 Å². The summed E-state index contributed by atoms with van der Waals surface area (Å²) in [5, 5.41) is 11.8. The summed E-state index contributed by atoms with van der Waals surface area (Å²) >= 11 is 0. The zero-order valence-corrected chi connectivity index (χ0v) is 13.3. The fraction of sp³-hybridized carbons (Fsp3) is 0.588. The normalized spacial score (nSPS) is 18.6. The lowest BCUT2D eigenvalue weighted by molar-refractivity contribution is 0.195. The molecule has 0 spiro atoms. The number of carbonyl (C=O) groups is 1. The summed E-state index contributed by atoms with van der Waals surface area (Å²) in [5.74, 6) is 1.41. The molecule has 1 aromatic rings. The number of carbonyl (C=O) groups excluding carboxylic acids is 1. The molecule has 2 rings (SSSR count). The summed E-state index contributed by atoms with van der Waals surface area (Å²) in [7, 11) is 0. The highest BCUT2D eigenvalue weighted by molar-refractivity contribution is 5.74. The maximum Gasteiger partial charge on any atom is 0.317 e. The van der Waals surface area contributed by atoms with Crippen molar-refractivity contribution < 1.29 is 14.6 Å². The van der Waals surface area contributed by atoms with E-state index in [1.807, 2.05) is 29.2 Å². The molecule has 1 atom stereocenters. The molecule has 0 bridgehead atoms. The van der Waals surface area contributed by atoms with Gasteiger partial charge >= 0.3 is 6.03 Å². The number of hydrogen-bond donors (Lipinski definition) is 2. The Morgan fingerprint density at radius 1 is 1.36 bits per heavy atom. The van der Waals surface area contributed by atoms with Gasteiger partial charge in [-0.25, -0.2) is 4.79 Å². The van der Waals surface area contributed by atoms with Crippen LogP contribution in [-0.4, -0.2) is 42.3 Å². The molecular weight excluding hydrogens is 280 g/mol. The molecule has 1 aliphatic rings. The standard InChI is InChI=1S/C17H26N2O3/c1-14-5-4-9-19(10-8-14)17(21)18-13-15-6-2-3-7-16(15)22-12-11-20/h2-3,6-7,14,20H,4-5,8-13H2,1H3,(H,18,21). The van der Waals surface area contributed by atoms with Crippen LogP contribution in [-0.2, 0) is 6.54 Å². The largest absolute Gasteiger partial charge is 0.491 e. The summed E-state index contributed by atoms with van der Waals surface area (Å²) < 4.78 is 5.48. The highest BCUT2D eigenvalue weighted by Crippen LogP contribution is 2.19. The minimum absolute atomic E-state index is 0.00828. The van der Waals surface area contributed by atoms with Crippen molar-refractivity contribution in [3.8, 4) is 5.75 Å². The summed E-state index contributed by atoms with van der Waals surface area (Å²) in [6, 6.07) is 7.57. The first-order chi connectivity index (χ1) is 10.7. The Morgan fingerprint density at radius 3 is 3.00 bits per heavy atom. The molecule has 0 aromatic heterocycles. The zero-order chi connectivity index (χ0) is 15.8. The molecule has 0 aliphatic carbocycles. The molecule has 5 nitrogen and oxygen atoms in total. The lowest BCUT2D eigenvalue weighted by atomic mass is 10.0. The van der Waals surface area contributed by atoms with Gasteiger partial charge in [0.2, 0.25) is 0 Å². The van der Waals surface area contributed by atoms with Crippen molar-refractivity contribution in [1.29, 1.82) is 0 Å². The molecule has 1 aromatic carbocycles. The van der Waals surface area contributed by atoms with Crippen molar-refractivity contribution in [3.63, 3.8) is 0 Å². The second kappa shape index (κ2) is 8.63. The number of ether oxygens (including phenoxy) is 1. The van der Waals surface area contributed by atoms with E-state index in [2.05, 4.69) is 12.2 Å². The molecule has 2 N–H and O–H groups in total. The zero-order valence-electron chi connectivity index (χ0n) is 13.3. The second-order valence-electron chi connectivity index (χ2n) is 5.86. The van der Waals surface area contributed by atoms with E-state index < -0.39 is 0 Å². The third kappa shape index (κ3) is 4.91. The number of aliphatic hydroxyl groups excluding tert-OH is 1. The van der Waals surface area contributed by atoms with E-state index in [9.17, 15) is 4.79 Å². The summed E-state index contributed by atoms with van der Waals surface area (Å²) in [5.41, 5.74) is 0.924. The molecule has 1 saturated heterocycles. The number of hydrogen-bond acceptors (Lipinski definition) is 3. The van der Waals surface area contributed by atoms with Crippen LogP contribution in [0.2, 0.25) is 0 Å². The molecule has 0 saturated carbocycles. The maximum absolute atomic E-state index is 12.3. The fourth-order valence-electron chi connectivity index (χ4n) is 2.69. The van der Waals surface area contributed by atoms with Gasteiger partial charge in [-0.05, 0) is 31.2 Å². The average Bonchev–Trinajstić information content (AvgIpc) is 2.76. The molecule has 1 aliphatic heterocycles. The van der Waals surface area contributed by atoms with Crippen LogP contribution in [0.15, 0.2) is 24.3 Å². The molecule has 22 heavy (non-hydrogen) atoms. The smallest absolute Gasteiger partial charge is 0.317 e. The number of likely N-dealkylation sites (tertiary alicyclic amines) is 1. The SMILES string of the molecule is CC1CCCN(C(=O)NCc2ccccc2OCCO)CC1. The van der Waals surface area contributed by atoms with Gasteiger partial charge in [-0.1, -0.05) is 25.1 Å². The number of nitrogens with zero attached hydrogens (tertiary/aromatic N) is 1. The first-order valence-electron chi connectivity index (χ1n) is 8.05. The van der Waals surface area contributed by atoms with Gasteiger partial charge in [-0.2, -0.15) is 0 Å². The van der Waals surface area contributed by atoms with Crippen LogP contribution < -0.4 is 10.1 Å². The van der Waals surface area contributed by atoms with Gasteiger partial charge in [0.1, 0.15) is 12.4 Å². The number of benzene rings is 1. The van der Waals surface area contributed by atoms with E-state index in [-0.39, 0.29) is 19.2 Å². The van der Waals surface area contributed by atoms with Crippen LogP contribution in [0.1, 0.15) is 31.7 Å². The van der Waals surface area contributed by atoms with Crippen molar-refractivity contribution in [3.05, 3.63) is 29.8 Å². The third-order valence-corrected chi connectivity index (χ3v) is 4.06. The van der Waals surface area contributed by atoms with Gasteiger partial charge in [0.15, 0.2) is 0 Å². The van der Waals surface area contributed by atoms with Crippen LogP contribution >= 0.6 is 0 Å². The van der Waals surface area contributed by atoms with Gasteiger partial charge in [-0.15, -0.1) is 0 Å². The average molecular weight is 306 g/mol. The Balaban J connectivity index is 1.88. The van der Waals surface area contributed by atoms with Crippen molar-refractivity contribution >= 4 is 6.03 Å². The predicted octanol–water partition coefficient (Wildman–Crippen LogP) is 2.39. The third-order valence-electron chi connectivity index (χ3n) is 4.06. The molecule has 122 valence electrons. The van der Waals surface area contributed by atoms with Crippen molar-refractivity contribution in [1.82, 2.24) is 10.2 Å². The minimum Gasteiger partial charge on any atom is -0.491 e. The highest BCUT2D eigenvalue weighted by Gasteiger charge is 2.18. The number of amides is 2. The Morgan fingerprint density at radius 2 is 2.18 bits per heavy atom. The van der Waals surface area contributed by atoms with Crippen LogP contribution in [0.5, 0.6) is 5.75 Å². The van der Waals surface area contributed by atoms with Crippen LogP contribution in [0.25, 0.3) is 0 Å². The van der Waals surface area contributed by atoms with Crippen molar-refractivity contribution in [2.45, 2.75) is 32.7 Å². The van der Waals surface area contributed by atoms with E-state index in [1.54, 1.807) is 0 Å². The van der Waals surface area contributed by atoms with Crippen LogP contribution in [0.3, 0.4) is 0 Å². The van der Waals surface area contributed by atoms with Crippen LogP contribution in [0, 0.1) is 5.92 Å². The number of rotatable bonds is 5. The second-order valence-corrected chi connectivity index (χ2v) is 5.86. The predicted molar refractivity (Wildman–Crippen MR) is 85.8 cm³/mol. The highest BCUT2D eigenvalue weighted by atomic mass is 16.5. The Labute approximate surface area is 132 Å². The molecular formula is C17H26N2O3. The quantitative estimate of drug-likeness (QED) is 0.878. The number of urea groups is 1. The summed E-state index contributed by atoms with van der Waals surface area (Å²) in [6.07, 6.45) is 3.34. The van der Waals surface area contributed by atoms with Gasteiger partial charge in [0, 0.05) is 25.2 Å². The van der Waals surface area contributed by atoms with E-state index in [0.717, 1.165) is 31.5 Å². The molecule has 5 heteroatoms. The summed E-state index contributed by atoms with van der Waals surface area (Å²) in [6.45, 7) is 4.58. The minimum atomic E-state index is -0.0212. The van der Waals surface area contributed by atoms with Crippen LogP contribution in [0.4, 0.5) is 4.79 Å². The first kappa shape index (κ1) is 16.6. The Hall–Kier alpha value is -1.75. The lowest BCUT2D eigenvalue weighted by Gasteiger charge is -2.21. The number of para-hydroxylation sites is 1. The fourth-order valence-corrected chi connectivity index (χ4v) is 2.69. The van der Waals surface area contributed by atoms with E-state index in [4.69, 9.17) is 9.84 Å². The maximum atomic E-state index is 12.3. The molecule has 1 fully saturated rings. The van der Waals surface area contributed by atoms with Gasteiger partial charge in [0.25, 0.3) is 0 Å². The number of nitrogens with one attached hydrogen (secondary N) is 1. The molecule has 1 unspecified atom stereocenters. The Bertz CT molecular complexity index is 479. The lowest BCUT2D eigenvalue weighted by Crippen LogP contribution is -2.40. The Kier molecular flexibility index (Phi) is 6.52. The van der Waals surface area contributed by atoms with E-state index >= 15 is 0 Å². The first-order valence-corrected chi connectivity index (χ1v) is 8.05. The van der Waals surface area contributed by atoms with Crippen molar-refractivity contribution in [2.24, 2.45) is 5.92 Å². The van der Waals surface area contributed by atoms with Gasteiger partial charge in [0.05, 0.1) is 6.61 Å². The molecule has 0 radical (unpaired) electrons. The van der Waals surface area contributed by atoms with Crippen molar-refractivity contribution in [2.75, 3.05) is 26.3 Å². The van der Waals surface area contributed by atoms with Gasteiger partial charge in [-0.3, -0.25) is 0 Å². The molecule has 1 heterocycles. The molecule has 2 amide bonds. The van der Waals surface area contributed by atoms with E-state index in [0.29, 0.717) is 18.2 Å². The van der Waals surface area contributed by atoms with Gasteiger partial charge < -0.3 is 20.1 Å². The number of aliphatic hydroxyl groups is 1. The monoisotopic (exact) mass is 306 g/mol.